The number of carbonyl (C=O) groups is 1. The van der Waals surface area contributed by atoms with Crippen molar-refractivity contribution in [3.8, 4) is 11.5 Å². The molecule has 0 saturated heterocycles. The van der Waals surface area contributed by atoms with E-state index in [0.717, 1.165) is 46.2 Å². The second-order valence-corrected chi connectivity index (χ2v) is 10.8. The van der Waals surface area contributed by atoms with Crippen molar-refractivity contribution in [3.05, 3.63) is 57.6 Å². The van der Waals surface area contributed by atoms with E-state index in [1.54, 1.807) is 0 Å². The summed E-state index contributed by atoms with van der Waals surface area (Å²) in [6.45, 7) is 12.3. The molecule has 2 N–H and O–H groups in total. The third kappa shape index (κ3) is 8.28. The maximum absolute atomic E-state index is 13.0. The number of aromatic hydroxyl groups is 2. The summed E-state index contributed by atoms with van der Waals surface area (Å²) >= 11 is 0. The van der Waals surface area contributed by atoms with Crippen LogP contribution in [0.4, 0.5) is 0 Å². The summed E-state index contributed by atoms with van der Waals surface area (Å²) < 4.78 is 5.68. The number of phenolic OH excluding ortho intramolecular Hbond substituents is 2. The first-order valence-corrected chi connectivity index (χ1v) is 13.9. The van der Waals surface area contributed by atoms with Crippen LogP contribution in [0.5, 0.6) is 11.5 Å². The molecular weight excluding hydrogens is 448 g/mol. The minimum absolute atomic E-state index is 0.193. The second-order valence-electron chi connectivity index (χ2n) is 10.8. The van der Waals surface area contributed by atoms with E-state index in [9.17, 15) is 15.0 Å². The van der Waals surface area contributed by atoms with Gasteiger partial charge in [0.1, 0.15) is 11.5 Å². The zero-order chi connectivity index (χ0) is 26.7. The van der Waals surface area contributed by atoms with Crippen LogP contribution in [-0.2, 0) is 14.9 Å². The lowest BCUT2D eigenvalue weighted by atomic mass is 9.72. The van der Waals surface area contributed by atoms with Crippen LogP contribution in [0.25, 0.3) is 0 Å². The number of benzene rings is 2. The Balaban J connectivity index is 2.01. The molecule has 0 aliphatic heterocycles. The van der Waals surface area contributed by atoms with Crippen LogP contribution in [0, 0.1) is 27.7 Å². The molecule has 200 valence electrons. The van der Waals surface area contributed by atoms with E-state index in [1.807, 2.05) is 58.9 Å². The van der Waals surface area contributed by atoms with Gasteiger partial charge in [-0.25, -0.2) is 0 Å². The smallest absolute Gasteiger partial charge is 0.307 e. The molecule has 0 aliphatic rings. The van der Waals surface area contributed by atoms with Crippen molar-refractivity contribution < 1.29 is 19.7 Å². The highest BCUT2D eigenvalue weighted by Crippen LogP contribution is 2.41. The molecule has 4 nitrogen and oxygen atoms in total. The number of aryl methyl sites for hydroxylation is 4. The van der Waals surface area contributed by atoms with Crippen LogP contribution in [0.15, 0.2) is 24.3 Å². The van der Waals surface area contributed by atoms with Gasteiger partial charge in [0, 0.05) is 5.41 Å². The zero-order valence-electron chi connectivity index (χ0n) is 23.5. The molecule has 0 radical (unpaired) electrons. The quantitative estimate of drug-likeness (QED) is 0.192. The first kappa shape index (κ1) is 29.7. The minimum Gasteiger partial charge on any atom is -0.507 e. The molecule has 0 saturated carbocycles. The molecule has 2 aromatic rings. The predicted octanol–water partition coefficient (Wildman–Crippen LogP) is 8.49. The largest absolute Gasteiger partial charge is 0.507 e. The molecule has 0 amide bonds. The fourth-order valence-corrected chi connectivity index (χ4v) is 5.03. The number of unbranched alkanes of at least 4 members (excludes halogenated alkanes) is 9. The van der Waals surface area contributed by atoms with E-state index in [1.165, 1.54) is 51.4 Å². The van der Waals surface area contributed by atoms with Crippen LogP contribution in [0.1, 0.15) is 118 Å². The summed E-state index contributed by atoms with van der Waals surface area (Å²) in [6, 6.07) is 7.82. The van der Waals surface area contributed by atoms with Gasteiger partial charge in [-0.05, 0) is 67.5 Å². The van der Waals surface area contributed by atoms with E-state index in [0.29, 0.717) is 6.61 Å². The number of hydrogen-bond acceptors (Lipinski definition) is 4. The van der Waals surface area contributed by atoms with Gasteiger partial charge in [0.25, 0.3) is 0 Å². The SMILES string of the molecule is CCCCCCCCCCCCOC(=O)CC(C)(c1cc(C)c(O)c(C)c1)c1cc(C)c(O)c(C)c1. The predicted molar refractivity (Wildman–Crippen MR) is 149 cm³/mol. The van der Waals surface area contributed by atoms with Gasteiger partial charge >= 0.3 is 5.97 Å². The number of ether oxygens (including phenoxy) is 1. The maximum Gasteiger partial charge on any atom is 0.307 e. The summed E-state index contributed by atoms with van der Waals surface area (Å²) in [5, 5.41) is 20.6. The molecule has 0 bridgehead atoms. The van der Waals surface area contributed by atoms with Gasteiger partial charge in [0.15, 0.2) is 0 Å². The molecule has 0 aliphatic carbocycles. The zero-order valence-corrected chi connectivity index (χ0v) is 23.5. The normalized spacial score (nSPS) is 11.6. The molecule has 0 atom stereocenters. The topological polar surface area (TPSA) is 66.8 Å². The third-order valence-corrected chi connectivity index (χ3v) is 7.52. The number of carbonyl (C=O) groups excluding carboxylic acids is 1. The van der Waals surface area contributed by atoms with E-state index in [4.69, 9.17) is 4.74 Å². The van der Waals surface area contributed by atoms with E-state index < -0.39 is 5.41 Å². The van der Waals surface area contributed by atoms with Crippen LogP contribution < -0.4 is 0 Å². The molecule has 0 spiro atoms. The Labute approximate surface area is 219 Å². The Kier molecular flexibility index (Phi) is 11.8. The van der Waals surface area contributed by atoms with Crippen molar-refractivity contribution in [1.29, 1.82) is 0 Å². The monoisotopic (exact) mass is 496 g/mol. The lowest BCUT2D eigenvalue weighted by Gasteiger charge is -2.32. The molecule has 4 heteroatoms. The van der Waals surface area contributed by atoms with Crippen molar-refractivity contribution in [2.45, 2.75) is 118 Å². The molecule has 2 rings (SSSR count). The Bertz CT molecular complexity index is 888. The van der Waals surface area contributed by atoms with E-state index >= 15 is 0 Å². The number of esters is 1. The van der Waals surface area contributed by atoms with Gasteiger partial charge in [0.05, 0.1) is 13.0 Å². The number of phenols is 2. The average Bonchev–Trinajstić information content (AvgIpc) is 2.83. The van der Waals surface area contributed by atoms with Gasteiger partial charge < -0.3 is 14.9 Å². The number of rotatable bonds is 15. The molecule has 0 unspecified atom stereocenters. The first-order chi connectivity index (χ1) is 17.1. The van der Waals surface area contributed by atoms with Gasteiger partial charge in [-0.2, -0.15) is 0 Å². The molecular formula is C32H48O4. The van der Waals surface area contributed by atoms with Crippen molar-refractivity contribution in [1.82, 2.24) is 0 Å². The minimum atomic E-state index is -0.651. The Morgan fingerprint density at radius 3 is 1.44 bits per heavy atom. The Hall–Kier alpha value is -2.49. The maximum atomic E-state index is 13.0. The van der Waals surface area contributed by atoms with Crippen molar-refractivity contribution in [3.63, 3.8) is 0 Å². The van der Waals surface area contributed by atoms with Crippen LogP contribution in [-0.4, -0.2) is 22.8 Å². The summed E-state index contributed by atoms with van der Waals surface area (Å²) in [5.74, 6) is 0.339. The average molecular weight is 497 g/mol. The highest BCUT2D eigenvalue weighted by atomic mass is 16.5. The highest BCUT2D eigenvalue weighted by molar-refractivity contribution is 5.73. The summed E-state index contributed by atoms with van der Waals surface area (Å²) in [7, 11) is 0. The van der Waals surface area contributed by atoms with Gasteiger partial charge in [-0.1, -0.05) is 95.9 Å². The summed E-state index contributed by atoms with van der Waals surface area (Å²) in [5.41, 5.74) is 4.38. The Morgan fingerprint density at radius 2 is 1.06 bits per heavy atom. The molecule has 36 heavy (non-hydrogen) atoms. The van der Waals surface area contributed by atoms with Crippen LogP contribution in [0.3, 0.4) is 0 Å². The van der Waals surface area contributed by atoms with Gasteiger partial charge in [-0.3, -0.25) is 4.79 Å². The van der Waals surface area contributed by atoms with Gasteiger partial charge in [0.2, 0.25) is 0 Å². The summed E-state index contributed by atoms with van der Waals surface area (Å²) in [4.78, 5) is 13.0. The molecule has 0 fully saturated rings. The van der Waals surface area contributed by atoms with Crippen LogP contribution in [0.2, 0.25) is 0 Å². The highest BCUT2D eigenvalue weighted by Gasteiger charge is 2.34. The van der Waals surface area contributed by atoms with Crippen molar-refractivity contribution >= 4 is 5.97 Å². The first-order valence-electron chi connectivity index (χ1n) is 13.9. The molecule has 2 aromatic carbocycles. The standard InChI is InChI=1S/C32H48O4/c1-7-8-9-10-11-12-13-14-15-16-17-36-29(33)22-32(6,27-18-23(2)30(34)24(3)19-27)28-20-25(4)31(35)26(5)21-28/h18-21,34-35H,7-17,22H2,1-6H3. The Morgan fingerprint density at radius 1 is 0.694 bits per heavy atom. The lowest BCUT2D eigenvalue weighted by Crippen LogP contribution is -2.29. The molecule has 0 aromatic heterocycles. The van der Waals surface area contributed by atoms with Crippen molar-refractivity contribution in [2.24, 2.45) is 0 Å². The third-order valence-electron chi connectivity index (χ3n) is 7.52. The summed E-state index contributed by atoms with van der Waals surface area (Å²) in [6.07, 6.45) is 12.6. The lowest BCUT2D eigenvalue weighted by molar-refractivity contribution is -0.144. The fraction of sp³-hybridized carbons (Fsp3) is 0.594. The second kappa shape index (κ2) is 14.3. The van der Waals surface area contributed by atoms with E-state index in [-0.39, 0.29) is 23.9 Å². The van der Waals surface area contributed by atoms with E-state index in [2.05, 4.69) is 6.92 Å². The fourth-order valence-electron chi connectivity index (χ4n) is 5.03. The molecule has 0 heterocycles. The van der Waals surface area contributed by atoms with Gasteiger partial charge in [-0.15, -0.1) is 0 Å². The van der Waals surface area contributed by atoms with Crippen molar-refractivity contribution in [2.75, 3.05) is 6.61 Å². The van der Waals surface area contributed by atoms with Crippen LogP contribution >= 0.6 is 0 Å². The number of hydrogen-bond donors (Lipinski definition) is 2.